The van der Waals surface area contributed by atoms with Crippen LogP contribution >= 0.6 is 0 Å². The van der Waals surface area contributed by atoms with Crippen LogP contribution in [0.4, 0.5) is 4.39 Å². The van der Waals surface area contributed by atoms with E-state index >= 15 is 0 Å². The number of nitrogens with one attached hydrogen (secondary N) is 2. The van der Waals surface area contributed by atoms with Crippen molar-refractivity contribution in [3.8, 4) is 5.69 Å². The molecule has 24 heavy (non-hydrogen) atoms. The third-order valence-electron chi connectivity index (χ3n) is 4.01. The standard InChI is InChI=1S/C16H18FN5O2/c1-10-15(16(24)18-9-12-3-2-4-14(23)19-12)20-21-22(10)13-7-5-11(17)6-8-13/h5-8,12H,2-4,9H2,1H3,(H,18,24)(H,19,23)/t12-/m1/s1. The van der Waals surface area contributed by atoms with Gasteiger partial charge < -0.3 is 10.6 Å². The van der Waals surface area contributed by atoms with Crippen molar-refractivity contribution in [1.82, 2.24) is 25.6 Å². The molecule has 0 bridgehead atoms. The summed E-state index contributed by atoms with van der Waals surface area (Å²) in [4.78, 5) is 23.6. The van der Waals surface area contributed by atoms with Gasteiger partial charge in [-0.2, -0.15) is 0 Å². The number of nitrogens with zero attached hydrogens (tertiary/aromatic N) is 3. The Bertz CT molecular complexity index is 756. The molecule has 2 N–H and O–H groups in total. The molecular weight excluding hydrogens is 313 g/mol. The maximum absolute atomic E-state index is 13.0. The number of carbonyl (C=O) groups is 2. The number of amides is 2. The Hall–Kier alpha value is -2.77. The first-order valence-corrected chi connectivity index (χ1v) is 7.80. The maximum atomic E-state index is 13.0. The highest BCUT2D eigenvalue weighted by Crippen LogP contribution is 2.13. The minimum atomic E-state index is -0.347. The molecule has 1 aliphatic rings. The summed E-state index contributed by atoms with van der Waals surface area (Å²) in [5.41, 5.74) is 1.40. The molecule has 126 valence electrons. The topological polar surface area (TPSA) is 88.9 Å². The highest BCUT2D eigenvalue weighted by atomic mass is 19.1. The van der Waals surface area contributed by atoms with E-state index in [0.717, 1.165) is 12.8 Å². The first-order chi connectivity index (χ1) is 11.5. The fraction of sp³-hybridized carbons (Fsp3) is 0.375. The second kappa shape index (κ2) is 6.77. The van der Waals surface area contributed by atoms with Crippen LogP contribution < -0.4 is 10.6 Å². The molecule has 1 saturated heterocycles. The number of halogens is 1. The van der Waals surface area contributed by atoms with Crippen LogP contribution in [0.2, 0.25) is 0 Å². The quantitative estimate of drug-likeness (QED) is 0.878. The summed E-state index contributed by atoms with van der Waals surface area (Å²) < 4.78 is 14.5. The van der Waals surface area contributed by atoms with E-state index in [1.165, 1.54) is 16.8 Å². The van der Waals surface area contributed by atoms with E-state index in [4.69, 9.17) is 0 Å². The molecule has 3 rings (SSSR count). The van der Waals surface area contributed by atoms with Crippen molar-refractivity contribution in [3.63, 3.8) is 0 Å². The molecule has 0 radical (unpaired) electrons. The predicted octanol–water partition coefficient (Wildman–Crippen LogP) is 1.11. The van der Waals surface area contributed by atoms with Gasteiger partial charge in [-0.05, 0) is 44.0 Å². The van der Waals surface area contributed by atoms with E-state index < -0.39 is 0 Å². The molecule has 0 aliphatic carbocycles. The lowest BCUT2D eigenvalue weighted by atomic mass is 10.0. The number of piperidine rings is 1. The van der Waals surface area contributed by atoms with Gasteiger partial charge in [0.25, 0.3) is 5.91 Å². The largest absolute Gasteiger partial charge is 0.352 e. The van der Waals surface area contributed by atoms with Crippen LogP contribution in [-0.2, 0) is 4.79 Å². The van der Waals surface area contributed by atoms with Gasteiger partial charge in [0.15, 0.2) is 5.69 Å². The lowest BCUT2D eigenvalue weighted by Gasteiger charge is -2.23. The summed E-state index contributed by atoms with van der Waals surface area (Å²) in [5.74, 6) is -0.677. The van der Waals surface area contributed by atoms with Crippen molar-refractivity contribution in [3.05, 3.63) is 41.5 Å². The van der Waals surface area contributed by atoms with Crippen LogP contribution in [0.15, 0.2) is 24.3 Å². The molecule has 0 unspecified atom stereocenters. The van der Waals surface area contributed by atoms with Crippen LogP contribution in [0.5, 0.6) is 0 Å². The monoisotopic (exact) mass is 331 g/mol. The Balaban J connectivity index is 1.67. The second-order valence-electron chi connectivity index (χ2n) is 5.78. The predicted molar refractivity (Wildman–Crippen MR) is 84.2 cm³/mol. The summed E-state index contributed by atoms with van der Waals surface area (Å²) in [7, 11) is 0. The van der Waals surface area contributed by atoms with E-state index in [1.807, 2.05) is 0 Å². The molecule has 1 atom stereocenters. The van der Waals surface area contributed by atoms with Gasteiger partial charge in [-0.15, -0.1) is 5.10 Å². The fourth-order valence-electron chi connectivity index (χ4n) is 2.70. The van der Waals surface area contributed by atoms with Gasteiger partial charge in [0.1, 0.15) is 5.82 Å². The van der Waals surface area contributed by atoms with Crippen LogP contribution in [0.3, 0.4) is 0 Å². The van der Waals surface area contributed by atoms with E-state index in [9.17, 15) is 14.0 Å². The first kappa shape index (κ1) is 16.1. The van der Waals surface area contributed by atoms with Crippen molar-refractivity contribution >= 4 is 11.8 Å². The molecule has 0 saturated carbocycles. The Morgan fingerprint density at radius 1 is 1.42 bits per heavy atom. The molecule has 0 spiro atoms. The maximum Gasteiger partial charge on any atom is 0.273 e. The van der Waals surface area contributed by atoms with Crippen molar-refractivity contribution < 1.29 is 14.0 Å². The minimum absolute atomic E-state index is 0.0129. The number of aromatic nitrogens is 3. The van der Waals surface area contributed by atoms with Gasteiger partial charge in [0, 0.05) is 19.0 Å². The van der Waals surface area contributed by atoms with Gasteiger partial charge in [0.2, 0.25) is 5.91 Å². The lowest BCUT2D eigenvalue weighted by molar-refractivity contribution is -0.123. The number of benzene rings is 1. The van der Waals surface area contributed by atoms with E-state index in [2.05, 4.69) is 20.9 Å². The SMILES string of the molecule is Cc1c(C(=O)NC[C@H]2CCCC(=O)N2)nnn1-c1ccc(F)cc1. The molecular formula is C16H18FN5O2. The third-order valence-corrected chi connectivity index (χ3v) is 4.01. The van der Waals surface area contributed by atoms with Gasteiger partial charge in [-0.25, -0.2) is 9.07 Å². The third kappa shape index (κ3) is 3.42. The Labute approximate surface area is 138 Å². The smallest absolute Gasteiger partial charge is 0.273 e. The lowest BCUT2D eigenvalue weighted by Crippen LogP contribution is -2.46. The Kier molecular flexibility index (Phi) is 4.54. The van der Waals surface area contributed by atoms with Crippen molar-refractivity contribution in [2.45, 2.75) is 32.2 Å². The zero-order chi connectivity index (χ0) is 17.1. The molecule has 8 heteroatoms. The van der Waals surface area contributed by atoms with Crippen molar-refractivity contribution in [2.24, 2.45) is 0 Å². The average molecular weight is 331 g/mol. The summed E-state index contributed by atoms with van der Waals surface area (Å²) in [5, 5.41) is 13.5. The molecule has 1 aromatic carbocycles. The molecule has 2 heterocycles. The van der Waals surface area contributed by atoms with Gasteiger partial charge in [0.05, 0.1) is 11.4 Å². The molecule has 1 fully saturated rings. The molecule has 1 aliphatic heterocycles. The van der Waals surface area contributed by atoms with E-state index in [0.29, 0.717) is 24.3 Å². The summed E-state index contributed by atoms with van der Waals surface area (Å²) in [6, 6.07) is 5.72. The van der Waals surface area contributed by atoms with Crippen LogP contribution in [-0.4, -0.2) is 39.4 Å². The summed E-state index contributed by atoms with van der Waals surface area (Å²) >= 11 is 0. The Morgan fingerprint density at radius 2 is 2.17 bits per heavy atom. The van der Waals surface area contributed by atoms with Crippen LogP contribution in [0, 0.1) is 12.7 Å². The van der Waals surface area contributed by atoms with Gasteiger partial charge >= 0.3 is 0 Å². The Morgan fingerprint density at radius 3 is 2.88 bits per heavy atom. The zero-order valence-electron chi connectivity index (χ0n) is 13.3. The summed E-state index contributed by atoms with van der Waals surface area (Å²) in [6.45, 7) is 2.08. The second-order valence-corrected chi connectivity index (χ2v) is 5.78. The van der Waals surface area contributed by atoms with Gasteiger partial charge in [-0.1, -0.05) is 5.21 Å². The normalized spacial score (nSPS) is 17.4. The minimum Gasteiger partial charge on any atom is -0.352 e. The highest BCUT2D eigenvalue weighted by Gasteiger charge is 2.21. The number of carbonyl (C=O) groups excluding carboxylic acids is 2. The fourth-order valence-corrected chi connectivity index (χ4v) is 2.70. The van der Waals surface area contributed by atoms with E-state index in [1.54, 1.807) is 19.1 Å². The zero-order valence-corrected chi connectivity index (χ0v) is 13.3. The average Bonchev–Trinajstić information content (AvgIpc) is 2.95. The molecule has 7 nitrogen and oxygen atoms in total. The van der Waals surface area contributed by atoms with E-state index in [-0.39, 0.29) is 29.4 Å². The van der Waals surface area contributed by atoms with Crippen molar-refractivity contribution in [2.75, 3.05) is 6.54 Å². The first-order valence-electron chi connectivity index (χ1n) is 7.80. The van der Waals surface area contributed by atoms with Gasteiger partial charge in [-0.3, -0.25) is 9.59 Å². The number of rotatable bonds is 4. The molecule has 2 aromatic rings. The molecule has 2 amide bonds. The van der Waals surface area contributed by atoms with Crippen molar-refractivity contribution in [1.29, 1.82) is 0 Å². The molecule has 1 aromatic heterocycles. The number of hydrogen-bond acceptors (Lipinski definition) is 4. The number of hydrogen-bond donors (Lipinski definition) is 2. The van der Waals surface area contributed by atoms with Crippen LogP contribution in [0.25, 0.3) is 5.69 Å². The highest BCUT2D eigenvalue weighted by molar-refractivity contribution is 5.93. The summed E-state index contributed by atoms with van der Waals surface area (Å²) in [6.07, 6.45) is 2.20. The van der Waals surface area contributed by atoms with Crippen LogP contribution in [0.1, 0.15) is 35.4 Å².